The van der Waals surface area contributed by atoms with Crippen LogP contribution in [0.3, 0.4) is 0 Å². The summed E-state index contributed by atoms with van der Waals surface area (Å²) >= 11 is 5.88. The largest absolute Gasteiger partial charge is 0.350 e. The Bertz CT molecular complexity index is 670. The summed E-state index contributed by atoms with van der Waals surface area (Å²) in [4.78, 5) is 12.2. The quantitative estimate of drug-likeness (QED) is 0.858. The first-order chi connectivity index (χ1) is 10.1. The highest BCUT2D eigenvalue weighted by atomic mass is 35.5. The van der Waals surface area contributed by atoms with Crippen molar-refractivity contribution in [1.29, 1.82) is 0 Å². The lowest BCUT2D eigenvalue weighted by Crippen LogP contribution is -2.47. The number of rotatable bonds is 6. The SMILES string of the molecule is CCC(CC)(CNC(=O)c1cc(C)c(F)cc1Cl)S(C)(=O)=O. The molecule has 0 saturated heterocycles. The third kappa shape index (κ3) is 3.79. The highest BCUT2D eigenvalue weighted by Gasteiger charge is 2.37. The number of hydrogen-bond donors (Lipinski definition) is 1. The summed E-state index contributed by atoms with van der Waals surface area (Å²) in [6.45, 7) is 5.06. The standard InChI is InChI=1S/C15H21ClFNO3S/c1-5-15(6-2,22(4,20)21)9-18-14(19)11-7-10(3)13(17)8-12(11)16/h7-8H,5-6,9H2,1-4H3,(H,18,19). The van der Waals surface area contributed by atoms with Crippen molar-refractivity contribution in [1.82, 2.24) is 5.32 Å². The van der Waals surface area contributed by atoms with Crippen molar-refractivity contribution in [2.75, 3.05) is 12.8 Å². The molecule has 0 radical (unpaired) electrons. The molecule has 0 bridgehead atoms. The molecule has 0 aliphatic heterocycles. The molecule has 1 rings (SSSR count). The first kappa shape index (κ1) is 18.9. The predicted octanol–water partition coefficient (Wildman–Crippen LogP) is 3.12. The normalized spacial score (nSPS) is 12.3. The smallest absolute Gasteiger partial charge is 0.252 e. The van der Waals surface area contributed by atoms with Crippen molar-refractivity contribution in [2.45, 2.75) is 38.4 Å². The van der Waals surface area contributed by atoms with Crippen LogP contribution in [-0.4, -0.2) is 31.9 Å². The molecular weight excluding hydrogens is 329 g/mol. The van der Waals surface area contributed by atoms with Gasteiger partial charge in [-0.25, -0.2) is 12.8 Å². The van der Waals surface area contributed by atoms with E-state index in [1.807, 2.05) is 0 Å². The average molecular weight is 350 g/mol. The minimum absolute atomic E-state index is 0.00134. The molecule has 1 amide bonds. The molecule has 4 nitrogen and oxygen atoms in total. The molecule has 7 heteroatoms. The van der Waals surface area contributed by atoms with Crippen molar-refractivity contribution in [3.05, 3.63) is 34.1 Å². The van der Waals surface area contributed by atoms with Crippen LogP contribution in [0.15, 0.2) is 12.1 Å². The van der Waals surface area contributed by atoms with Crippen molar-refractivity contribution >= 4 is 27.3 Å². The van der Waals surface area contributed by atoms with Gasteiger partial charge >= 0.3 is 0 Å². The van der Waals surface area contributed by atoms with Crippen LogP contribution in [0.1, 0.15) is 42.6 Å². The molecule has 0 unspecified atom stereocenters. The lowest BCUT2D eigenvalue weighted by Gasteiger charge is -2.29. The molecule has 0 aromatic heterocycles. The molecule has 1 aromatic rings. The summed E-state index contributed by atoms with van der Waals surface area (Å²) in [6.07, 6.45) is 1.94. The molecule has 1 aromatic carbocycles. The molecule has 0 aliphatic rings. The highest BCUT2D eigenvalue weighted by Crippen LogP contribution is 2.25. The Morgan fingerprint density at radius 1 is 1.32 bits per heavy atom. The van der Waals surface area contributed by atoms with E-state index in [0.29, 0.717) is 18.4 Å². The maximum Gasteiger partial charge on any atom is 0.252 e. The van der Waals surface area contributed by atoms with Gasteiger partial charge in [-0.2, -0.15) is 0 Å². The van der Waals surface area contributed by atoms with E-state index in [9.17, 15) is 17.6 Å². The number of benzene rings is 1. The molecule has 0 saturated carbocycles. The second-order valence-corrected chi connectivity index (χ2v) is 8.24. The Hall–Kier alpha value is -1.14. The second-order valence-electron chi connectivity index (χ2n) is 5.43. The fraction of sp³-hybridized carbons (Fsp3) is 0.533. The molecular formula is C15H21ClFNO3S. The Morgan fingerprint density at radius 3 is 2.32 bits per heavy atom. The second kappa shape index (κ2) is 6.96. The molecule has 22 heavy (non-hydrogen) atoms. The topological polar surface area (TPSA) is 63.2 Å². The van der Waals surface area contributed by atoms with Crippen molar-refractivity contribution in [3.63, 3.8) is 0 Å². The van der Waals surface area contributed by atoms with Crippen LogP contribution in [0.2, 0.25) is 5.02 Å². The summed E-state index contributed by atoms with van der Waals surface area (Å²) in [7, 11) is -3.34. The minimum atomic E-state index is -3.34. The molecule has 0 atom stereocenters. The number of aryl methyl sites for hydroxylation is 1. The van der Waals surface area contributed by atoms with Gasteiger partial charge in [0.05, 0.1) is 15.3 Å². The van der Waals surface area contributed by atoms with Gasteiger partial charge in [0, 0.05) is 12.8 Å². The van der Waals surface area contributed by atoms with Crippen molar-refractivity contribution < 1.29 is 17.6 Å². The summed E-state index contributed by atoms with van der Waals surface area (Å²) in [5, 5.41) is 2.61. The van der Waals surface area contributed by atoms with E-state index >= 15 is 0 Å². The number of carbonyl (C=O) groups excluding carboxylic acids is 1. The van der Waals surface area contributed by atoms with E-state index < -0.39 is 26.3 Å². The van der Waals surface area contributed by atoms with E-state index in [-0.39, 0.29) is 17.1 Å². The monoisotopic (exact) mass is 349 g/mol. The van der Waals surface area contributed by atoms with Gasteiger partial charge in [0.1, 0.15) is 5.82 Å². The number of carbonyl (C=O) groups is 1. The fourth-order valence-corrected chi connectivity index (χ4v) is 3.94. The van der Waals surface area contributed by atoms with Crippen LogP contribution in [0.4, 0.5) is 4.39 Å². The Kier molecular flexibility index (Phi) is 5.98. The summed E-state index contributed by atoms with van der Waals surface area (Å²) in [5.41, 5.74) is 0.435. The van der Waals surface area contributed by atoms with Gasteiger partial charge in [0.2, 0.25) is 0 Å². The summed E-state index contributed by atoms with van der Waals surface area (Å²) < 4.78 is 36.4. The fourth-order valence-electron chi connectivity index (χ4n) is 2.32. The Morgan fingerprint density at radius 2 is 1.86 bits per heavy atom. The molecule has 0 fully saturated rings. The van der Waals surface area contributed by atoms with Crippen LogP contribution < -0.4 is 5.32 Å². The van der Waals surface area contributed by atoms with Crippen LogP contribution >= 0.6 is 11.6 Å². The van der Waals surface area contributed by atoms with Crippen LogP contribution in [0, 0.1) is 12.7 Å². The van der Waals surface area contributed by atoms with Gasteiger partial charge in [-0.05, 0) is 37.5 Å². The number of nitrogens with one attached hydrogen (secondary N) is 1. The van der Waals surface area contributed by atoms with E-state index in [2.05, 4.69) is 5.32 Å². The van der Waals surface area contributed by atoms with Crippen LogP contribution in [-0.2, 0) is 9.84 Å². The summed E-state index contributed by atoms with van der Waals surface area (Å²) in [6, 6.07) is 2.43. The molecule has 0 spiro atoms. The van der Waals surface area contributed by atoms with Gasteiger partial charge in [-0.3, -0.25) is 4.79 Å². The zero-order chi connectivity index (χ0) is 17.1. The number of halogens is 2. The Balaban J connectivity index is 3.01. The number of sulfone groups is 1. The first-order valence-corrected chi connectivity index (χ1v) is 9.28. The van der Waals surface area contributed by atoms with Crippen molar-refractivity contribution in [2.24, 2.45) is 0 Å². The lowest BCUT2D eigenvalue weighted by atomic mass is 10.0. The average Bonchev–Trinajstić information content (AvgIpc) is 2.42. The maximum absolute atomic E-state index is 13.4. The molecule has 0 aliphatic carbocycles. The third-order valence-corrected chi connectivity index (χ3v) is 6.75. The van der Waals surface area contributed by atoms with Crippen molar-refractivity contribution in [3.8, 4) is 0 Å². The van der Waals surface area contributed by atoms with Gasteiger partial charge in [0.25, 0.3) is 5.91 Å². The van der Waals surface area contributed by atoms with Crippen LogP contribution in [0.25, 0.3) is 0 Å². The molecule has 1 N–H and O–H groups in total. The van der Waals surface area contributed by atoms with Gasteiger partial charge < -0.3 is 5.32 Å². The molecule has 0 heterocycles. The number of amides is 1. The summed E-state index contributed by atoms with van der Waals surface area (Å²) in [5.74, 6) is -1.00. The molecule has 124 valence electrons. The van der Waals surface area contributed by atoms with Gasteiger partial charge in [0.15, 0.2) is 9.84 Å². The van der Waals surface area contributed by atoms with E-state index in [4.69, 9.17) is 11.6 Å². The van der Waals surface area contributed by atoms with Gasteiger partial charge in [-0.1, -0.05) is 25.4 Å². The maximum atomic E-state index is 13.4. The first-order valence-electron chi connectivity index (χ1n) is 7.01. The highest BCUT2D eigenvalue weighted by molar-refractivity contribution is 7.92. The number of hydrogen-bond acceptors (Lipinski definition) is 3. The Labute approximate surface area is 136 Å². The van der Waals surface area contributed by atoms with Crippen LogP contribution in [0.5, 0.6) is 0 Å². The zero-order valence-electron chi connectivity index (χ0n) is 13.2. The van der Waals surface area contributed by atoms with E-state index in [1.165, 1.54) is 19.2 Å². The third-order valence-electron chi connectivity index (χ3n) is 4.14. The van der Waals surface area contributed by atoms with Gasteiger partial charge in [-0.15, -0.1) is 0 Å². The van der Waals surface area contributed by atoms with E-state index in [1.54, 1.807) is 13.8 Å². The minimum Gasteiger partial charge on any atom is -0.350 e. The zero-order valence-corrected chi connectivity index (χ0v) is 14.7. The predicted molar refractivity (Wildman–Crippen MR) is 86.6 cm³/mol. The van der Waals surface area contributed by atoms with E-state index in [0.717, 1.165) is 6.07 Å². The lowest BCUT2D eigenvalue weighted by molar-refractivity contribution is 0.0948.